The number of anilines is 1. The first-order valence-electron chi connectivity index (χ1n) is 4.13. The molecular weight excluding hydrogens is 168 g/mol. The first kappa shape index (κ1) is 8.08. The Balaban J connectivity index is 2.26. The average molecular weight is 178 g/mol. The number of rotatable bonds is 1. The molecule has 0 aromatic carbocycles. The molecule has 1 fully saturated rings. The Bertz CT molecular complexity index is 346. The number of nitriles is 1. The Hall–Kier alpha value is -1.54. The van der Waals surface area contributed by atoms with Crippen molar-refractivity contribution in [3.8, 4) is 6.07 Å². The summed E-state index contributed by atoms with van der Waals surface area (Å²) in [5, 5.41) is 12.7. The highest BCUT2D eigenvalue weighted by Gasteiger charge is 2.19. The normalized spacial score (nSPS) is 21.6. The molecule has 1 aliphatic rings. The van der Waals surface area contributed by atoms with Crippen LogP contribution in [0.15, 0.2) is 6.20 Å². The Morgan fingerprint density at radius 1 is 1.77 bits per heavy atom. The van der Waals surface area contributed by atoms with Crippen LogP contribution < -0.4 is 5.73 Å². The molecule has 0 aliphatic carbocycles. The minimum atomic E-state index is 0.240. The van der Waals surface area contributed by atoms with Crippen LogP contribution in [0.3, 0.4) is 0 Å². The molecule has 2 N–H and O–H groups in total. The van der Waals surface area contributed by atoms with Crippen molar-refractivity contribution in [2.75, 3.05) is 18.9 Å². The predicted molar refractivity (Wildman–Crippen MR) is 45.8 cm³/mol. The zero-order valence-corrected chi connectivity index (χ0v) is 7.10. The number of ether oxygens (including phenoxy) is 1. The van der Waals surface area contributed by atoms with Crippen LogP contribution in [0, 0.1) is 11.3 Å². The van der Waals surface area contributed by atoms with Crippen LogP contribution in [0.25, 0.3) is 0 Å². The maximum Gasteiger partial charge on any atom is 0.163 e. The largest absolute Gasteiger partial charge is 0.381 e. The lowest BCUT2D eigenvalue weighted by molar-refractivity contribution is 0.184. The van der Waals surface area contributed by atoms with Gasteiger partial charge in [0.2, 0.25) is 0 Å². The monoisotopic (exact) mass is 178 g/mol. The molecule has 1 saturated heterocycles. The van der Waals surface area contributed by atoms with Crippen LogP contribution in [0.1, 0.15) is 18.0 Å². The molecule has 68 valence electrons. The molecule has 2 rings (SSSR count). The van der Waals surface area contributed by atoms with E-state index in [2.05, 4.69) is 5.10 Å². The summed E-state index contributed by atoms with van der Waals surface area (Å²) in [5.41, 5.74) is 5.96. The Morgan fingerprint density at radius 3 is 3.15 bits per heavy atom. The lowest BCUT2D eigenvalue weighted by Crippen LogP contribution is -2.09. The molecule has 1 aromatic rings. The van der Waals surface area contributed by atoms with Crippen molar-refractivity contribution in [1.82, 2.24) is 9.78 Å². The molecule has 0 radical (unpaired) electrons. The van der Waals surface area contributed by atoms with E-state index in [4.69, 9.17) is 15.7 Å². The molecule has 0 spiro atoms. The molecule has 13 heavy (non-hydrogen) atoms. The third-order valence-electron chi connectivity index (χ3n) is 2.16. The standard InChI is InChI=1S/C8H10N4O/c9-3-6-4-12(11-8(6)10)7-1-2-13-5-7/h4,7H,1-2,5H2,(H2,10,11). The molecule has 2 heterocycles. The van der Waals surface area contributed by atoms with E-state index in [1.165, 1.54) is 0 Å². The highest BCUT2D eigenvalue weighted by Crippen LogP contribution is 2.20. The second-order valence-electron chi connectivity index (χ2n) is 3.04. The summed E-state index contributed by atoms with van der Waals surface area (Å²) in [4.78, 5) is 0. The number of nitrogens with zero attached hydrogens (tertiary/aromatic N) is 3. The minimum absolute atomic E-state index is 0.240. The minimum Gasteiger partial charge on any atom is -0.381 e. The molecule has 5 nitrogen and oxygen atoms in total. The van der Waals surface area contributed by atoms with Crippen molar-refractivity contribution in [3.05, 3.63) is 11.8 Å². The summed E-state index contributed by atoms with van der Waals surface area (Å²) in [6, 6.07) is 2.23. The molecule has 0 amide bonds. The van der Waals surface area contributed by atoms with Gasteiger partial charge >= 0.3 is 0 Å². The third kappa shape index (κ3) is 1.36. The van der Waals surface area contributed by atoms with Crippen molar-refractivity contribution >= 4 is 5.82 Å². The van der Waals surface area contributed by atoms with Crippen molar-refractivity contribution in [2.24, 2.45) is 0 Å². The van der Waals surface area contributed by atoms with Crippen LogP contribution in [0.2, 0.25) is 0 Å². The summed E-state index contributed by atoms with van der Waals surface area (Å²) in [6.07, 6.45) is 2.61. The summed E-state index contributed by atoms with van der Waals surface area (Å²) in [6.45, 7) is 1.41. The quantitative estimate of drug-likeness (QED) is 0.670. The Kier molecular flexibility index (Phi) is 1.91. The molecule has 1 aliphatic heterocycles. The summed E-state index contributed by atoms with van der Waals surface area (Å²) < 4.78 is 6.93. The van der Waals surface area contributed by atoms with Crippen LogP contribution in [-0.4, -0.2) is 23.0 Å². The first-order chi connectivity index (χ1) is 6.31. The van der Waals surface area contributed by atoms with Crippen molar-refractivity contribution in [3.63, 3.8) is 0 Å². The second kappa shape index (κ2) is 3.07. The van der Waals surface area contributed by atoms with Crippen LogP contribution in [0.5, 0.6) is 0 Å². The van der Waals surface area contributed by atoms with Crippen LogP contribution >= 0.6 is 0 Å². The van der Waals surface area contributed by atoms with E-state index >= 15 is 0 Å². The SMILES string of the molecule is N#Cc1cn(C2CCOC2)nc1N. The number of hydrogen-bond donors (Lipinski definition) is 1. The van der Waals surface area contributed by atoms with E-state index in [-0.39, 0.29) is 6.04 Å². The van der Waals surface area contributed by atoms with E-state index in [0.717, 1.165) is 13.0 Å². The van der Waals surface area contributed by atoms with Crippen LogP contribution in [-0.2, 0) is 4.74 Å². The van der Waals surface area contributed by atoms with E-state index in [0.29, 0.717) is 18.0 Å². The molecular formula is C8H10N4O. The summed E-state index contributed by atoms with van der Waals surface area (Å²) in [5.74, 6) is 0.300. The maximum absolute atomic E-state index is 8.66. The van der Waals surface area contributed by atoms with Gasteiger partial charge in [-0.15, -0.1) is 0 Å². The predicted octanol–water partition coefficient (Wildman–Crippen LogP) is 0.298. The molecule has 1 unspecified atom stereocenters. The zero-order valence-electron chi connectivity index (χ0n) is 7.10. The van der Waals surface area contributed by atoms with Crippen molar-refractivity contribution in [2.45, 2.75) is 12.5 Å². The third-order valence-corrected chi connectivity index (χ3v) is 2.16. The van der Waals surface area contributed by atoms with Gasteiger partial charge in [0.15, 0.2) is 5.82 Å². The van der Waals surface area contributed by atoms with Gasteiger partial charge in [0, 0.05) is 12.8 Å². The molecule has 1 aromatic heterocycles. The molecule has 0 bridgehead atoms. The zero-order chi connectivity index (χ0) is 9.26. The molecule has 5 heteroatoms. The van der Waals surface area contributed by atoms with E-state index in [1.54, 1.807) is 10.9 Å². The van der Waals surface area contributed by atoms with Crippen molar-refractivity contribution in [1.29, 1.82) is 5.26 Å². The number of hydrogen-bond acceptors (Lipinski definition) is 4. The van der Waals surface area contributed by atoms with Crippen LogP contribution in [0.4, 0.5) is 5.82 Å². The van der Waals surface area contributed by atoms with Gasteiger partial charge in [0.25, 0.3) is 0 Å². The van der Waals surface area contributed by atoms with Crippen molar-refractivity contribution < 1.29 is 4.74 Å². The lowest BCUT2D eigenvalue weighted by atomic mass is 10.3. The van der Waals surface area contributed by atoms with Gasteiger partial charge in [0.05, 0.1) is 12.6 Å². The highest BCUT2D eigenvalue weighted by atomic mass is 16.5. The van der Waals surface area contributed by atoms with Gasteiger partial charge < -0.3 is 10.5 Å². The fourth-order valence-corrected chi connectivity index (χ4v) is 1.41. The van der Waals surface area contributed by atoms with Gasteiger partial charge in [-0.1, -0.05) is 0 Å². The van der Waals surface area contributed by atoms with Gasteiger partial charge in [-0.25, -0.2) is 0 Å². The van der Waals surface area contributed by atoms with Gasteiger partial charge in [-0.2, -0.15) is 10.4 Å². The summed E-state index contributed by atoms with van der Waals surface area (Å²) >= 11 is 0. The Labute approximate surface area is 75.7 Å². The number of nitrogen functional groups attached to an aromatic ring is 1. The molecule has 1 atom stereocenters. The topological polar surface area (TPSA) is 76.9 Å². The van der Waals surface area contributed by atoms with Gasteiger partial charge in [-0.3, -0.25) is 4.68 Å². The number of aromatic nitrogens is 2. The van der Waals surface area contributed by atoms with E-state index < -0.39 is 0 Å². The highest BCUT2D eigenvalue weighted by molar-refractivity contribution is 5.46. The fourth-order valence-electron chi connectivity index (χ4n) is 1.41. The maximum atomic E-state index is 8.66. The van der Waals surface area contributed by atoms with Gasteiger partial charge in [-0.05, 0) is 6.42 Å². The van der Waals surface area contributed by atoms with E-state index in [1.807, 2.05) is 6.07 Å². The number of nitrogens with two attached hydrogens (primary N) is 1. The van der Waals surface area contributed by atoms with Gasteiger partial charge in [0.1, 0.15) is 11.6 Å². The van der Waals surface area contributed by atoms with E-state index in [9.17, 15) is 0 Å². The average Bonchev–Trinajstić information content (AvgIpc) is 2.71. The smallest absolute Gasteiger partial charge is 0.163 e. The lowest BCUT2D eigenvalue weighted by Gasteiger charge is -2.06. The fraction of sp³-hybridized carbons (Fsp3) is 0.500. The second-order valence-corrected chi connectivity index (χ2v) is 3.04. The Morgan fingerprint density at radius 2 is 2.62 bits per heavy atom. The molecule has 0 saturated carbocycles. The summed E-state index contributed by atoms with van der Waals surface area (Å²) in [7, 11) is 0. The first-order valence-corrected chi connectivity index (χ1v) is 4.13.